The third-order valence-electron chi connectivity index (χ3n) is 3.06. The molecule has 0 aliphatic heterocycles. The molecule has 1 heterocycles. The van der Waals surface area contributed by atoms with Crippen molar-refractivity contribution in [1.29, 1.82) is 0 Å². The van der Waals surface area contributed by atoms with Crippen molar-refractivity contribution in [1.82, 2.24) is 9.97 Å². The normalized spacial score (nSPS) is 24.4. The predicted octanol–water partition coefficient (Wildman–Crippen LogP) is 2.88. The van der Waals surface area contributed by atoms with Gasteiger partial charge in [0, 0.05) is 13.1 Å². The fraction of sp³-hybridized carbons (Fsp3) is 0.636. The molecule has 1 aliphatic rings. The molecular weight excluding hydrogens is 268 g/mol. The predicted molar refractivity (Wildman–Crippen MR) is 69.7 cm³/mol. The van der Waals surface area contributed by atoms with Crippen LogP contribution in [0.3, 0.4) is 0 Å². The van der Waals surface area contributed by atoms with Crippen LogP contribution in [0.25, 0.3) is 0 Å². The van der Waals surface area contributed by atoms with Gasteiger partial charge in [-0.2, -0.15) is 0 Å². The van der Waals surface area contributed by atoms with Gasteiger partial charge < -0.3 is 10.6 Å². The second-order valence-corrected chi connectivity index (χ2v) is 5.19. The summed E-state index contributed by atoms with van der Waals surface area (Å²) < 4.78 is 0.914. The van der Waals surface area contributed by atoms with Crippen molar-refractivity contribution < 1.29 is 0 Å². The quantitative estimate of drug-likeness (QED) is 0.896. The van der Waals surface area contributed by atoms with Crippen molar-refractivity contribution in [2.75, 3.05) is 17.7 Å². The largest absolute Gasteiger partial charge is 0.372 e. The van der Waals surface area contributed by atoms with E-state index < -0.39 is 0 Å². The molecular formula is C11H17BrN4. The Morgan fingerprint density at radius 3 is 2.69 bits per heavy atom. The van der Waals surface area contributed by atoms with Crippen molar-refractivity contribution >= 4 is 27.6 Å². The SMILES string of the molecule is CNc1ncnc(NC2CCC(C)C2)c1Br. The maximum absolute atomic E-state index is 4.27. The lowest BCUT2D eigenvalue weighted by Gasteiger charge is -2.15. The number of hydrogen-bond donors (Lipinski definition) is 2. The van der Waals surface area contributed by atoms with Crippen molar-refractivity contribution in [3.8, 4) is 0 Å². The minimum Gasteiger partial charge on any atom is -0.372 e. The zero-order valence-corrected chi connectivity index (χ0v) is 11.2. The molecule has 2 unspecified atom stereocenters. The summed E-state index contributed by atoms with van der Waals surface area (Å²) in [5.41, 5.74) is 0. The van der Waals surface area contributed by atoms with E-state index in [9.17, 15) is 0 Å². The summed E-state index contributed by atoms with van der Waals surface area (Å²) in [5.74, 6) is 2.53. The summed E-state index contributed by atoms with van der Waals surface area (Å²) >= 11 is 3.51. The van der Waals surface area contributed by atoms with Gasteiger partial charge in [0.05, 0.1) is 0 Å². The lowest BCUT2D eigenvalue weighted by atomic mass is 10.1. The molecule has 1 aromatic rings. The molecule has 5 heteroatoms. The molecule has 0 amide bonds. The van der Waals surface area contributed by atoms with Crippen LogP contribution in [0.2, 0.25) is 0 Å². The first-order valence-corrected chi connectivity index (χ1v) is 6.44. The van der Waals surface area contributed by atoms with Crippen molar-refractivity contribution in [3.63, 3.8) is 0 Å². The van der Waals surface area contributed by atoms with E-state index in [1.807, 2.05) is 7.05 Å². The highest BCUT2D eigenvalue weighted by Crippen LogP contribution is 2.31. The van der Waals surface area contributed by atoms with Gasteiger partial charge >= 0.3 is 0 Å². The topological polar surface area (TPSA) is 49.8 Å². The zero-order chi connectivity index (χ0) is 11.5. The van der Waals surface area contributed by atoms with E-state index in [0.29, 0.717) is 6.04 Å². The van der Waals surface area contributed by atoms with Crippen LogP contribution in [0.5, 0.6) is 0 Å². The highest BCUT2D eigenvalue weighted by atomic mass is 79.9. The van der Waals surface area contributed by atoms with E-state index in [1.54, 1.807) is 6.33 Å². The molecule has 0 spiro atoms. The molecule has 1 saturated carbocycles. The van der Waals surface area contributed by atoms with E-state index in [-0.39, 0.29) is 0 Å². The van der Waals surface area contributed by atoms with Crippen LogP contribution in [0.15, 0.2) is 10.8 Å². The molecule has 0 aromatic carbocycles. The highest BCUT2D eigenvalue weighted by molar-refractivity contribution is 9.10. The second kappa shape index (κ2) is 4.99. The van der Waals surface area contributed by atoms with Crippen molar-refractivity contribution in [2.24, 2.45) is 5.92 Å². The smallest absolute Gasteiger partial charge is 0.146 e. The van der Waals surface area contributed by atoms with Crippen molar-refractivity contribution in [3.05, 3.63) is 10.8 Å². The van der Waals surface area contributed by atoms with Gasteiger partial charge in [-0.1, -0.05) is 6.92 Å². The van der Waals surface area contributed by atoms with Gasteiger partial charge in [-0.3, -0.25) is 0 Å². The number of anilines is 2. The van der Waals surface area contributed by atoms with Gasteiger partial charge in [-0.25, -0.2) is 9.97 Å². The first-order chi connectivity index (χ1) is 7.70. The number of nitrogens with zero attached hydrogens (tertiary/aromatic N) is 2. The fourth-order valence-corrected chi connectivity index (χ4v) is 2.69. The summed E-state index contributed by atoms with van der Waals surface area (Å²) in [6.07, 6.45) is 5.34. The first kappa shape index (κ1) is 11.6. The average molecular weight is 285 g/mol. The summed E-state index contributed by atoms with van der Waals surface area (Å²) in [6, 6.07) is 0.547. The Kier molecular flexibility index (Phi) is 3.63. The van der Waals surface area contributed by atoms with Gasteiger partial charge in [-0.05, 0) is 41.1 Å². The van der Waals surface area contributed by atoms with Crippen LogP contribution in [0.1, 0.15) is 26.2 Å². The summed E-state index contributed by atoms with van der Waals surface area (Å²) in [5, 5.41) is 6.51. The number of aromatic nitrogens is 2. The molecule has 1 aromatic heterocycles. The van der Waals surface area contributed by atoms with E-state index in [0.717, 1.165) is 22.0 Å². The third-order valence-corrected chi connectivity index (χ3v) is 3.81. The molecule has 4 nitrogen and oxygen atoms in total. The van der Waals surface area contributed by atoms with Crippen LogP contribution < -0.4 is 10.6 Å². The van der Waals surface area contributed by atoms with E-state index in [4.69, 9.17) is 0 Å². The first-order valence-electron chi connectivity index (χ1n) is 5.65. The fourth-order valence-electron chi connectivity index (χ4n) is 2.18. The van der Waals surface area contributed by atoms with E-state index in [1.165, 1.54) is 19.3 Å². The Morgan fingerprint density at radius 2 is 2.06 bits per heavy atom. The summed E-state index contributed by atoms with van der Waals surface area (Å²) in [4.78, 5) is 8.40. The maximum Gasteiger partial charge on any atom is 0.146 e. The Labute approximate surface area is 104 Å². The maximum atomic E-state index is 4.27. The van der Waals surface area contributed by atoms with Gasteiger partial charge in [0.25, 0.3) is 0 Å². The number of nitrogens with one attached hydrogen (secondary N) is 2. The highest BCUT2D eigenvalue weighted by Gasteiger charge is 2.22. The van der Waals surface area contributed by atoms with Crippen LogP contribution in [0.4, 0.5) is 11.6 Å². The Hall–Kier alpha value is -0.840. The molecule has 88 valence electrons. The van der Waals surface area contributed by atoms with Gasteiger partial charge in [0.15, 0.2) is 0 Å². The third kappa shape index (κ3) is 2.45. The summed E-state index contributed by atoms with van der Waals surface area (Å²) in [7, 11) is 1.86. The Bertz CT molecular complexity index is 369. The van der Waals surface area contributed by atoms with Crippen LogP contribution in [-0.2, 0) is 0 Å². The Balaban J connectivity index is 2.09. The van der Waals surface area contributed by atoms with Crippen LogP contribution >= 0.6 is 15.9 Å². The lowest BCUT2D eigenvalue weighted by molar-refractivity contribution is 0.602. The molecule has 0 saturated heterocycles. The summed E-state index contributed by atoms with van der Waals surface area (Å²) in [6.45, 7) is 2.30. The van der Waals surface area contributed by atoms with Crippen LogP contribution in [0, 0.1) is 5.92 Å². The molecule has 2 rings (SSSR count). The monoisotopic (exact) mass is 284 g/mol. The number of halogens is 1. The molecule has 0 radical (unpaired) electrons. The molecule has 2 N–H and O–H groups in total. The van der Waals surface area contributed by atoms with E-state index in [2.05, 4.69) is 43.5 Å². The molecule has 1 fully saturated rings. The second-order valence-electron chi connectivity index (χ2n) is 4.39. The number of hydrogen-bond acceptors (Lipinski definition) is 4. The van der Waals surface area contributed by atoms with Gasteiger partial charge in [-0.15, -0.1) is 0 Å². The van der Waals surface area contributed by atoms with Gasteiger partial charge in [0.1, 0.15) is 22.4 Å². The minimum atomic E-state index is 0.547. The van der Waals surface area contributed by atoms with Crippen molar-refractivity contribution in [2.45, 2.75) is 32.2 Å². The average Bonchev–Trinajstić information content (AvgIpc) is 2.67. The Morgan fingerprint density at radius 1 is 1.31 bits per heavy atom. The molecule has 2 atom stereocenters. The molecule has 16 heavy (non-hydrogen) atoms. The molecule has 1 aliphatic carbocycles. The van der Waals surface area contributed by atoms with Gasteiger partial charge in [0.2, 0.25) is 0 Å². The lowest BCUT2D eigenvalue weighted by Crippen LogP contribution is -2.17. The van der Waals surface area contributed by atoms with E-state index >= 15 is 0 Å². The zero-order valence-electron chi connectivity index (χ0n) is 9.63. The molecule has 0 bridgehead atoms. The number of rotatable bonds is 3. The van der Waals surface area contributed by atoms with Crippen LogP contribution in [-0.4, -0.2) is 23.1 Å². The minimum absolute atomic E-state index is 0.547. The standard InChI is InChI=1S/C11H17BrN4/c1-7-3-4-8(5-7)16-11-9(12)10(13-2)14-6-15-11/h6-8H,3-5H2,1-2H3,(H2,13,14,15,16).